The van der Waals surface area contributed by atoms with Gasteiger partial charge in [-0.3, -0.25) is 0 Å². The largest absolute Gasteiger partial charge is 0.389 e. The van der Waals surface area contributed by atoms with E-state index in [1.165, 1.54) is 6.42 Å². The average Bonchev–Trinajstić information content (AvgIpc) is 2.47. The Kier molecular flexibility index (Phi) is 1.69. The number of hydrogen-bond donors (Lipinski definition) is 2. The maximum atomic E-state index is 9.96. The SMILES string of the molecule is CC1CC1CC1(O)CCNC1. The van der Waals surface area contributed by atoms with E-state index in [-0.39, 0.29) is 5.60 Å². The van der Waals surface area contributed by atoms with Gasteiger partial charge in [-0.15, -0.1) is 0 Å². The molecule has 3 atom stereocenters. The number of β-amino-alcohol motifs (C(OH)–C–C–N with tert-alkyl or cyclic N) is 1. The van der Waals surface area contributed by atoms with E-state index in [2.05, 4.69) is 12.2 Å². The van der Waals surface area contributed by atoms with Gasteiger partial charge in [0.05, 0.1) is 5.60 Å². The van der Waals surface area contributed by atoms with Crippen LogP contribution in [-0.4, -0.2) is 23.8 Å². The van der Waals surface area contributed by atoms with Crippen LogP contribution in [0, 0.1) is 11.8 Å². The van der Waals surface area contributed by atoms with E-state index < -0.39 is 0 Å². The quantitative estimate of drug-likeness (QED) is 0.617. The van der Waals surface area contributed by atoms with Gasteiger partial charge in [-0.25, -0.2) is 0 Å². The minimum Gasteiger partial charge on any atom is -0.389 e. The molecule has 0 aromatic rings. The first-order chi connectivity index (χ1) is 5.20. The summed E-state index contributed by atoms with van der Waals surface area (Å²) < 4.78 is 0. The van der Waals surface area contributed by atoms with Crippen LogP contribution in [0.5, 0.6) is 0 Å². The first-order valence-corrected chi connectivity index (χ1v) is 4.63. The molecule has 64 valence electrons. The van der Waals surface area contributed by atoms with Gasteiger partial charge in [0, 0.05) is 6.54 Å². The molecule has 0 amide bonds. The summed E-state index contributed by atoms with van der Waals surface area (Å²) in [5, 5.41) is 13.2. The second kappa shape index (κ2) is 2.46. The Balaban J connectivity index is 1.84. The molecule has 0 aromatic heterocycles. The fraction of sp³-hybridized carbons (Fsp3) is 1.00. The summed E-state index contributed by atoms with van der Waals surface area (Å²) in [6.07, 6.45) is 3.32. The van der Waals surface area contributed by atoms with Crippen molar-refractivity contribution in [3.05, 3.63) is 0 Å². The maximum absolute atomic E-state index is 9.96. The van der Waals surface area contributed by atoms with E-state index in [4.69, 9.17) is 0 Å². The van der Waals surface area contributed by atoms with Crippen molar-refractivity contribution in [2.75, 3.05) is 13.1 Å². The zero-order valence-corrected chi connectivity index (χ0v) is 7.14. The van der Waals surface area contributed by atoms with Crippen molar-refractivity contribution in [2.45, 2.75) is 31.8 Å². The Bertz CT molecular complexity index is 152. The summed E-state index contributed by atoms with van der Waals surface area (Å²) in [4.78, 5) is 0. The molecule has 0 radical (unpaired) electrons. The van der Waals surface area contributed by atoms with Gasteiger partial charge in [0.15, 0.2) is 0 Å². The van der Waals surface area contributed by atoms with Gasteiger partial charge < -0.3 is 10.4 Å². The van der Waals surface area contributed by atoms with Crippen molar-refractivity contribution < 1.29 is 5.11 Å². The lowest BCUT2D eigenvalue weighted by atomic mass is 9.95. The number of aliphatic hydroxyl groups is 1. The second-order valence-corrected chi connectivity index (χ2v) is 4.33. The molecule has 0 aromatic carbocycles. The highest BCUT2D eigenvalue weighted by molar-refractivity contribution is 4.95. The Labute approximate surface area is 68.0 Å². The van der Waals surface area contributed by atoms with Crippen LogP contribution >= 0.6 is 0 Å². The Morgan fingerprint density at radius 2 is 2.36 bits per heavy atom. The molecule has 2 rings (SSSR count). The molecule has 0 spiro atoms. The molecule has 1 aliphatic carbocycles. The van der Waals surface area contributed by atoms with E-state index in [0.717, 1.165) is 37.8 Å². The first-order valence-electron chi connectivity index (χ1n) is 4.63. The smallest absolute Gasteiger partial charge is 0.0786 e. The molecule has 2 heteroatoms. The van der Waals surface area contributed by atoms with Crippen molar-refractivity contribution in [1.82, 2.24) is 5.32 Å². The van der Waals surface area contributed by atoms with Crippen LogP contribution in [0.2, 0.25) is 0 Å². The predicted octanol–water partition coefficient (Wildman–Crippen LogP) is 0.757. The van der Waals surface area contributed by atoms with Crippen LogP contribution in [0.15, 0.2) is 0 Å². The van der Waals surface area contributed by atoms with Gasteiger partial charge in [0.2, 0.25) is 0 Å². The molecular weight excluding hydrogens is 138 g/mol. The minimum atomic E-state index is -0.352. The summed E-state index contributed by atoms with van der Waals surface area (Å²) in [7, 11) is 0. The van der Waals surface area contributed by atoms with E-state index in [1.54, 1.807) is 0 Å². The van der Waals surface area contributed by atoms with E-state index in [0.29, 0.717) is 0 Å². The Morgan fingerprint density at radius 3 is 2.82 bits per heavy atom. The van der Waals surface area contributed by atoms with Gasteiger partial charge >= 0.3 is 0 Å². The van der Waals surface area contributed by atoms with Gasteiger partial charge in [-0.05, 0) is 37.6 Å². The number of rotatable bonds is 2. The standard InChI is InChI=1S/C9H17NO/c1-7-4-8(7)5-9(11)2-3-10-6-9/h7-8,10-11H,2-6H2,1H3. The molecule has 1 saturated heterocycles. The van der Waals surface area contributed by atoms with E-state index in [9.17, 15) is 5.11 Å². The molecule has 1 saturated carbocycles. The third-order valence-electron chi connectivity index (χ3n) is 3.14. The maximum Gasteiger partial charge on any atom is 0.0786 e. The lowest BCUT2D eigenvalue weighted by molar-refractivity contribution is 0.0452. The monoisotopic (exact) mass is 155 g/mol. The summed E-state index contributed by atoms with van der Waals surface area (Å²) in [6.45, 7) is 4.09. The van der Waals surface area contributed by atoms with Crippen molar-refractivity contribution in [3.8, 4) is 0 Å². The third-order valence-corrected chi connectivity index (χ3v) is 3.14. The Morgan fingerprint density at radius 1 is 1.64 bits per heavy atom. The fourth-order valence-corrected chi connectivity index (χ4v) is 2.08. The van der Waals surface area contributed by atoms with Crippen molar-refractivity contribution in [1.29, 1.82) is 0 Å². The minimum absolute atomic E-state index is 0.352. The molecule has 1 aliphatic heterocycles. The van der Waals surface area contributed by atoms with Crippen LogP contribution in [0.25, 0.3) is 0 Å². The van der Waals surface area contributed by atoms with Crippen LogP contribution in [-0.2, 0) is 0 Å². The molecular formula is C9H17NO. The fourth-order valence-electron chi connectivity index (χ4n) is 2.08. The van der Waals surface area contributed by atoms with Crippen LogP contribution in [0.3, 0.4) is 0 Å². The molecule has 2 fully saturated rings. The van der Waals surface area contributed by atoms with E-state index in [1.807, 2.05) is 0 Å². The third kappa shape index (κ3) is 1.57. The zero-order valence-electron chi connectivity index (χ0n) is 7.14. The van der Waals surface area contributed by atoms with Crippen molar-refractivity contribution in [3.63, 3.8) is 0 Å². The topological polar surface area (TPSA) is 32.3 Å². The Hall–Kier alpha value is -0.0800. The molecule has 2 N–H and O–H groups in total. The van der Waals surface area contributed by atoms with E-state index >= 15 is 0 Å². The lowest BCUT2D eigenvalue weighted by Gasteiger charge is -2.20. The normalized spacial score (nSPS) is 49.6. The zero-order chi connectivity index (χ0) is 7.90. The highest BCUT2D eigenvalue weighted by Gasteiger charge is 2.41. The highest BCUT2D eigenvalue weighted by Crippen LogP contribution is 2.44. The molecule has 3 unspecified atom stereocenters. The first kappa shape index (κ1) is 7.56. The van der Waals surface area contributed by atoms with Crippen LogP contribution < -0.4 is 5.32 Å². The molecule has 11 heavy (non-hydrogen) atoms. The van der Waals surface area contributed by atoms with Gasteiger partial charge in [-0.1, -0.05) is 6.92 Å². The average molecular weight is 155 g/mol. The van der Waals surface area contributed by atoms with Crippen LogP contribution in [0.4, 0.5) is 0 Å². The summed E-state index contributed by atoms with van der Waals surface area (Å²) >= 11 is 0. The molecule has 2 nitrogen and oxygen atoms in total. The highest BCUT2D eigenvalue weighted by atomic mass is 16.3. The lowest BCUT2D eigenvalue weighted by Crippen LogP contribution is -2.31. The predicted molar refractivity (Wildman–Crippen MR) is 44.3 cm³/mol. The van der Waals surface area contributed by atoms with Gasteiger partial charge in [0.1, 0.15) is 0 Å². The molecule has 2 aliphatic rings. The van der Waals surface area contributed by atoms with Crippen LogP contribution in [0.1, 0.15) is 26.2 Å². The molecule has 1 heterocycles. The van der Waals surface area contributed by atoms with Gasteiger partial charge in [0.25, 0.3) is 0 Å². The second-order valence-electron chi connectivity index (χ2n) is 4.33. The summed E-state index contributed by atoms with van der Waals surface area (Å²) in [6, 6.07) is 0. The summed E-state index contributed by atoms with van der Waals surface area (Å²) in [5.74, 6) is 1.69. The summed E-state index contributed by atoms with van der Waals surface area (Å²) in [5.41, 5.74) is -0.352. The van der Waals surface area contributed by atoms with Crippen molar-refractivity contribution in [2.24, 2.45) is 11.8 Å². The number of hydrogen-bond acceptors (Lipinski definition) is 2. The molecule has 0 bridgehead atoms. The van der Waals surface area contributed by atoms with Crippen molar-refractivity contribution >= 4 is 0 Å². The number of nitrogens with one attached hydrogen (secondary N) is 1. The van der Waals surface area contributed by atoms with Gasteiger partial charge in [-0.2, -0.15) is 0 Å².